The number of hydrogen-bond acceptors (Lipinski definition) is 3. The van der Waals surface area contributed by atoms with Crippen molar-refractivity contribution in [3.8, 4) is 0 Å². The molecule has 0 heterocycles. The Morgan fingerprint density at radius 3 is 2.69 bits per heavy atom. The van der Waals surface area contributed by atoms with Crippen LogP contribution in [0.5, 0.6) is 0 Å². The topological polar surface area (TPSA) is 65.3 Å². The summed E-state index contributed by atoms with van der Waals surface area (Å²) in [5, 5.41) is 3.47. The molecule has 0 spiro atoms. The Balaban J connectivity index is 3.13. The molecule has 1 amide bonds. The Morgan fingerprint density at radius 1 is 1.44 bits per heavy atom. The highest BCUT2D eigenvalue weighted by Gasteiger charge is 2.15. The summed E-state index contributed by atoms with van der Waals surface area (Å²) in [6, 6.07) is 5.79. The number of halogens is 1. The van der Waals surface area contributed by atoms with Crippen molar-refractivity contribution in [2.75, 3.05) is 18.7 Å². The van der Waals surface area contributed by atoms with Crippen molar-refractivity contribution in [3.63, 3.8) is 0 Å². The van der Waals surface area contributed by atoms with E-state index < -0.39 is 15.7 Å². The zero-order chi connectivity index (χ0) is 12.2. The second kappa shape index (κ2) is 5.32. The Bertz CT molecular complexity index is 485. The quantitative estimate of drug-likeness (QED) is 0.761. The van der Waals surface area contributed by atoms with Crippen LogP contribution in [0.15, 0.2) is 29.2 Å². The van der Waals surface area contributed by atoms with Gasteiger partial charge in [-0.2, -0.15) is 0 Å². The molecule has 1 rings (SSSR count). The SMILES string of the molecule is C[N]C(=O)c1cccc(S(=O)(=O)CCCl)c1. The van der Waals surface area contributed by atoms with Crippen LogP contribution in [-0.4, -0.2) is 33.0 Å². The van der Waals surface area contributed by atoms with Crippen LogP contribution in [0, 0.1) is 0 Å². The predicted molar refractivity (Wildman–Crippen MR) is 61.6 cm³/mol. The molecule has 0 aliphatic rings. The first-order valence-electron chi connectivity index (χ1n) is 4.54. The lowest BCUT2D eigenvalue weighted by Crippen LogP contribution is -2.13. The summed E-state index contributed by atoms with van der Waals surface area (Å²) >= 11 is 5.40. The van der Waals surface area contributed by atoms with Crippen LogP contribution in [0.3, 0.4) is 0 Å². The average Bonchev–Trinajstić information content (AvgIpc) is 2.28. The molecular formula is C10H11ClNO3S. The summed E-state index contributed by atoms with van der Waals surface area (Å²) in [5.41, 5.74) is 0.262. The minimum atomic E-state index is -3.40. The molecule has 0 aliphatic heterocycles. The maximum absolute atomic E-state index is 11.7. The van der Waals surface area contributed by atoms with Crippen molar-refractivity contribution in [2.24, 2.45) is 0 Å². The summed E-state index contributed by atoms with van der Waals surface area (Å²) in [4.78, 5) is 11.4. The van der Waals surface area contributed by atoms with E-state index in [9.17, 15) is 13.2 Å². The van der Waals surface area contributed by atoms with Gasteiger partial charge in [0.25, 0.3) is 5.91 Å². The molecule has 0 saturated carbocycles. The first-order chi connectivity index (χ1) is 7.51. The molecule has 0 fully saturated rings. The van der Waals surface area contributed by atoms with Gasteiger partial charge in [-0.1, -0.05) is 6.07 Å². The fourth-order valence-corrected chi connectivity index (χ4v) is 2.81. The molecule has 6 heteroatoms. The summed E-state index contributed by atoms with van der Waals surface area (Å²) in [6.07, 6.45) is 0. The molecule has 1 aromatic carbocycles. The van der Waals surface area contributed by atoms with Gasteiger partial charge in [0.05, 0.1) is 10.6 Å². The largest absolute Gasteiger partial charge is 0.272 e. The van der Waals surface area contributed by atoms with Crippen LogP contribution in [0.2, 0.25) is 0 Å². The van der Waals surface area contributed by atoms with Gasteiger partial charge in [-0.15, -0.1) is 11.6 Å². The molecule has 16 heavy (non-hydrogen) atoms. The van der Waals surface area contributed by atoms with E-state index in [-0.39, 0.29) is 22.1 Å². The number of carbonyl (C=O) groups excluding carboxylic acids is 1. The molecule has 1 radical (unpaired) electrons. The maximum Gasteiger partial charge on any atom is 0.272 e. The molecule has 87 valence electrons. The summed E-state index contributed by atoms with van der Waals surface area (Å²) < 4.78 is 23.3. The minimum Gasteiger partial charge on any atom is -0.267 e. The monoisotopic (exact) mass is 260 g/mol. The van der Waals surface area contributed by atoms with E-state index in [1.54, 1.807) is 0 Å². The van der Waals surface area contributed by atoms with E-state index in [1.807, 2.05) is 0 Å². The van der Waals surface area contributed by atoms with E-state index in [0.717, 1.165) is 0 Å². The number of hydrogen-bond donors (Lipinski definition) is 0. The molecule has 0 aromatic heterocycles. The van der Waals surface area contributed by atoms with Gasteiger partial charge >= 0.3 is 0 Å². The molecule has 0 unspecified atom stereocenters. The summed E-state index contributed by atoms with van der Waals surface area (Å²) in [6.45, 7) is 0. The zero-order valence-electron chi connectivity index (χ0n) is 8.68. The third-order valence-corrected chi connectivity index (χ3v) is 4.12. The number of carbonyl (C=O) groups is 1. The van der Waals surface area contributed by atoms with E-state index in [1.165, 1.54) is 31.3 Å². The zero-order valence-corrected chi connectivity index (χ0v) is 10.3. The predicted octanol–water partition coefficient (Wildman–Crippen LogP) is 1.07. The Morgan fingerprint density at radius 2 is 2.12 bits per heavy atom. The highest BCUT2D eigenvalue weighted by atomic mass is 35.5. The van der Waals surface area contributed by atoms with E-state index in [4.69, 9.17) is 11.6 Å². The second-order valence-electron chi connectivity index (χ2n) is 3.06. The van der Waals surface area contributed by atoms with Gasteiger partial charge in [-0.05, 0) is 18.2 Å². The van der Waals surface area contributed by atoms with Gasteiger partial charge < -0.3 is 0 Å². The van der Waals surface area contributed by atoms with Crippen LogP contribution in [0.4, 0.5) is 0 Å². The maximum atomic E-state index is 11.7. The van der Waals surface area contributed by atoms with E-state index in [2.05, 4.69) is 5.32 Å². The van der Waals surface area contributed by atoms with Crippen molar-refractivity contribution in [3.05, 3.63) is 29.8 Å². The number of sulfone groups is 1. The molecule has 0 atom stereocenters. The summed E-state index contributed by atoms with van der Waals surface area (Å²) in [5.74, 6) is -0.559. The van der Waals surface area contributed by atoms with Gasteiger partial charge in [0.1, 0.15) is 0 Å². The molecule has 0 N–H and O–H groups in total. The molecule has 1 aromatic rings. The van der Waals surface area contributed by atoms with Crippen LogP contribution >= 0.6 is 11.6 Å². The van der Waals surface area contributed by atoms with Crippen LogP contribution in [0.1, 0.15) is 10.4 Å². The number of alkyl halides is 1. The molecule has 0 saturated heterocycles. The van der Waals surface area contributed by atoms with Gasteiger partial charge in [0.2, 0.25) is 0 Å². The van der Waals surface area contributed by atoms with Gasteiger partial charge in [0, 0.05) is 18.5 Å². The third kappa shape index (κ3) is 2.96. The normalized spacial score (nSPS) is 11.1. The van der Waals surface area contributed by atoms with Gasteiger partial charge in [0.15, 0.2) is 9.84 Å². The van der Waals surface area contributed by atoms with Crippen LogP contribution < -0.4 is 5.32 Å². The van der Waals surface area contributed by atoms with Gasteiger partial charge in [-0.3, -0.25) is 10.1 Å². The van der Waals surface area contributed by atoms with Crippen molar-refractivity contribution in [2.45, 2.75) is 4.90 Å². The number of benzene rings is 1. The van der Waals surface area contributed by atoms with Crippen molar-refractivity contribution in [1.82, 2.24) is 5.32 Å². The van der Waals surface area contributed by atoms with E-state index in [0.29, 0.717) is 0 Å². The molecular weight excluding hydrogens is 250 g/mol. The lowest BCUT2D eigenvalue weighted by atomic mass is 10.2. The van der Waals surface area contributed by atoms with Crippen LogP contribution in [0.25, 0.3) is 0 Å². The lowest BCUT2D eigenvalue weighted by molar-refractivity contribution is 0.0959. The van der Waals surface area contributed by atoms with Crippen molar-refractivity contribution >= 4 is 27.3 Å². The number of amides is 1. The third-order valence-electron chi connectivity index (χ3n) is 1.99. The smallest absolute Gasteiger partial charge is 0.267 e. The standard InChI is InChI=1S/C10H11ClNO3S/c1-12-10(13)8-3-2-4-9(7-8)16(14,15)6-5-11/h2-4,7H,5-6H2,1H3. The first kappa shape index (κ1) is 13.0. The first-order valence-corrected chi connectivity index (χ1v) is 6.73. The second-order valence-corrected chi connectivity index (χ2v) is 5.55. The Kier molecular flexibility index (Phi) is 4.32. The summed E-state index contributed by atoms with van der Waals surface area (Å²) in [7, 11) is -2.04. The minimum absolute atomic E-state index is 0.0264. The lowest BCUT2D eigenvalue weighted by Gasteiger charge is -2.04. The highest BCUT2D eigenvalue weighted by molar-refractivity contribution is 7.91. The van der Waals surface area contributed by atoms with E-state index >= 15 is 0 Å². The van der Waals surface area contributed by atoms with Gasteiger partial charge in [-0.25, -0.2) is 8.42 Å². The fourth-order valence-electron chi connectivity index (χ4n) is 1.17. The van der Waals surface area contributed by atoms with Crippen LogP contribution in [-0.2, 0) is 9.84 Å². The Hall–Kier alpha value is -1.07. The number of rotatable bonds is 4. The molecule has 0 aliphatic carbocycles. The average molecular weight is 261 g/mol. The van der Waals surface area contributed by atoms with Crippen molar-refractivity contribution in [1.29, 1.82) is 0 Å². The molecule has 0 bridgehead atoms. The number of nitrogens with zero attached hydrogens (tertiary/aromatic N) is 1. The highest BCUT2D eigenvalue weighted by Crippen LogP contribution is 2.13. The van der Waals surface area contributed by atoms with Crippen molar-refractivity contribution < 1.29 is 13.2 Å². The molecule has 4 nitrogen and oxygen atoms in total. The fraction of sp³-hybridized carbons (Fsp3) is 0.300. The Labute approximate surface area is 99.5 Å².